The highest BCUT2D eigenvalue weighted by Crippen LogP contribution is 2.25. The smallest absolute Gasteiger partial charge is 0.256 e. The third-order valence-electron chi connectivity index (χ3n) is 2.48. The number of benzene rings is 1. The molecule has 0 unspecified atom stereocenters. The van der Waals surface area contributed by atoms with E-state index in [0.29, 0.717) is 28.2 Å². The predicted molar refractivity (Wildman–Crippen MR) is 85.2 cm³/mol. The lowest BCUT2D eigenvalue weighted by Gasteiger charge is -2.11. The molecule has 104 valence electrons. The van der Waals surface area contributed by atoms with Gasteiger partial charge < -0.3 is 10.1 Å². The summed E-state index contributed by atoms with van der Waals surface area (Å²) in [6.07, 6.45) is 1.62. The lowest BCUT2D eigenvalue weighted by Crippen LogP contribution is -2.14. The zero-order chi connectivity index (χ0) is 14.5. The Morgan fingerprint density at radius 1 is 1.35 bits per heavy atom. The van der Waals surface area contributed by atoms with Crippen molar-refractivity contribution in [3.8, 4) is 5.88 Å². The second kappa shape index (κ2) is 6.85. The van der Waals surface area contributed by atoms with Gasteiger partial charge >= 0.3 is 0 Å². The molecule has 6 heteroatoms. The molecule has 2 rings (SSSR count). The number of hydrogen-bond donors (Lipinski definition) is 1. The van der Waals surface area contributed by atoms with Crippen LogP contribution in [0.4, 0.5) is 5.69 Å². The standard InChI is InChI=1S/C14H12Br2N2O2/c1-2-20-14-12(4-3-7-17-14)18-13(19)10-6-5-9(15)8-11(10)16/h3-8H,2H2,1H3,(H,18,19). The molecule has 0 aliphatic heterocycles. The van der Waals surface area contributed by atoms with Gasteiger partial charge in [-0.05, 0) is 53.2 Å². The molecule has 4 nitrogen and oxygen atoms in total. The van der Waals surface area contributed by atoms with Crippen molar-refractivity contribution in [2.45, 2.75) is 6.92 Å². The summed E-state index contributed by atoms with van der Waals surface area (Å²) in [5.41, 5.74) is 1.09. The molecule has 2 aromatic rings. The summed E-state index contributed by atoms with van der Waals surface area (Å²) in [6.45, 7) is 2.35. The number of pyridine rings is 1. The van der Waals surface area contributed by atoms with Crippen LogP contribution in [0.5, 0.6) is 5.88 Å². The van der Waals surface area contributed by atoms with Gasteiger partial charge in [-0.25, -0.2) is 4.98 Å². The Kier molecular flexibility index (Phi) is 5.14. The van der Waals surface area contributed by atoms with Crippen LogP contribution in [0.15, 0.2) is 45.5 Å². The molecular weight excluding hydrogens is 388 g/mol. The largest absolute Gasteiger partial charge is 0.476 e. The molecule has 1 aromatic carbocycles. The molecular formula is C14H12Br2N2O2. The van der Waals surface area contributed by atoms with Gasteiger partial charge in [0.25, 0.3) is 5.91 Å². The van der Waals surface area contributed by atoms with Crippen LogP contribution in [0.1, 0.15) is 17.3 Å². The van der Waals surface area contributed by atoms with E-state index < -0.39 is 0 Å². The number of hydrogen-bond acceptors (Lipinski definition) is 3. The normalized spacial score (nSPS) is 10.2. The van der Waals surface area contributed by atoms with Gasteiger partial charge in [0.2, 0.25) is 5.88 Å². The van der Waals surface area contributed by atoms with E-state index in [1.54, 1.807) is 24.4 Å². The Labute approximate surface area is 133 Å². The maximum atomic E-state index is 12.3. The summed E-state index contributed by atoms with van der Waals surface area (Å²) >= 11 is 6.73. The second-order valence-corrected chi connectivity index (χ2v) is 5.64. The van der Waals surface area contributed by atoms with E-state index in [4.69, 9.17) is 4.74 Å². The van der Waals surface area contributed by atoms with E-state index in [2.05, 4.69) is 42.2 Å². The summed E-state index contributed by atoms with van der Waals surface area (Å²) < 4.78 is 6.99. The maximum Gasteiger partial charge on any atom is 0.256 e. The molecule has 0 aliphatic carbocycles. The van der Waals surface area contributed by atoms with Crippen LogP contribution in [-0.2, 0) is 0 Å². The van der Waals surface area contributed by atoms with Crippen molar-refractivity contribution in [2.24, 2.45) is 0 Å². The topological polar surface area (TPSA) is 51.2 Å². The molecule has 0 fully saturated rings. The average molecular weight is 400 g/mol. The van der Waals surface area contributed by atoms with Gasteiger partial charge in [-0.1, -0.05) is 15.9 Å². The van der Waals surface area contributed by atoms with Crippen LogP contribution in [0, 0.1) is 0 Å². The first-order valence-corrected chi connectivity index (χ1v) is 7.54. The number of aromatic nitrogens is 1. The van der Waals surface area contributed by atoms with Crippen LogP contribution >= 0.6 is 31.9 Å². The van der Waals surface area contributed by atoms with Crippen LogP contribution in [0.25, 0.3) is 0 Å². The summed E-state index contributed by atoms with van der Waals surface area (Å²) in [6, 6.07) is 8.87. The lowest BCUT2D eigenvalue weighted by molar-refractivity contribution is 0.102. The Morgan fingerprint density at radius 2 is 2.15 bits per heavy atom. The third-order valence-corrected chi connectivity index (χ3v) is 3.63. The Bertz CT molecular complexity index is 632. The quantitative estimate of drug-likeness (QED) is 0.835. The van der Waals surface area contributed by atoms with Crippen molar-refractivity contribution in [1.82, 2.24) is 4.98 Å². The van der Waals surface area contributed by atoms with Gasteiger partial charge in [-0.2, -0.15) is 0 Å². The SMILES string of the molecule is CCOc1ncccc1NC(=O)c1ccc(Br)cc1Br. The van der Waals surface area contributed by atoms with E-state index in [-0.39, 0.29) is 5.91 Å². The van der Waals surface area contributed by atoms with E-state index in [0.717, 1.165) is 4.47 Å². The number of nitrogens with zero attached hydrogens (tertiary/aromatic N) is 1. The molecule has 0 bridgehead atoms. The minimum absolute atomic E-state index is 0.224. The van der Waals surface area contributed by atoms with E-state index in [1.807, 2.05) is 19.1 Å². The first-order valence-electron chi connectivity index (χ1n) is 5.96. The van der Waals surface area contributed by atoms with Crippen molar-refractivity contribution in [3.63, 3.8) is 0 Å². The molecule has 1 N–H and O–H groups in total. The maximum absolute atomic E-state index is 12.3. The fourth-order valence-electron chi connectivity index (χ4n) is 1.60. The molecule has 1 aromatic heterocycles. The zero-order valence-corrected chi connectivity index (χ0v) is 13.9. The first-order chi connectivity index (χ1) is 9.61. The summed E-state index contributed by atoms with van der Waals surface area (Å²) in [4.78, 5) is 16.4. The number of carbonyl (C=O) groups excluding carboxylic acids is 1. The number of ether oxygens (including phenoxy) is 1. The Balaban J connectivity index is 2.23. The van der Waals surface area contributed by atoms with Crippen molar-refractivity contribution < 1.29 is 9.53 Å². The fraction of sp³-hybridized carbons (Fsp3) is 0.143. The highest BCUT2D eigenvalue weighted by Gasteiger charge is 2.13. The summed E-state index contributed by atoms with van der Waals surface area (Å²) in [7, 11) is 0. The number of amides is 1. The van der Waals surface area contributed by atoms with Gasteiger partial charge in [0.1, 0.15) is 5.69 Å². The van der Waals surface area contributed by atoms with Gasteiger partial charge in [-0.3, -0.25) is 4.79 Å². The van der Waals surface area contributed by atoms with Gasteiger partial charge in [0.15, 0.2) is 0 Å². The van der Waals surface area contributed by atoms with Crippen molar-refractivity contribution in [2.75, 3.05) is 11.9 Å². The minimum Gasteiger partial charge on any atom is -0.476 e. The predicted octanol–water partition coefficient (Wildman–Crippen LogP) is 4.26. The zero-order valence-electron chi connectivity index (χ0n) is 10.7. The van der Waals surface area contributed by atoms with Gasteiger partial charge in [0, 0.05) is 15.1 Å². The average Bonchev–Trinajstić information content (AvgIpc) is 2.41. The molecule has 0 spiro atoms. The van der Waals surface area contributed by atoms with Crippen LogP contribution in [0.2, 0.25) is 0 Å². The molecule has 1 heterocycles. The van der Waals surface area contributed by atoms with Crippen molar-refractivity contribution in [3.05, 3.63) is 51.0 Å². The Morgan fingerprint density at radius 3 is 2.85 bits per heavy atom. The Hall–Kier alpha value is -1.40. The molecule has 20 heavy (non-hydrogen) atoms. The number of halogens is 2. The molecule has 0 radical (unpaired) electrons. The highest BCUT2D eigenvalue weighted by atomic mass is 79.9. The molecule has 0 aliphatic rings. The van der Waals surface area contributed by atoms with Gasteiger partial charge in [-0.15, -0.1) is 0 Å². The van der Waals surface area contributed by atoms with Crippen LogP contribution < -0.4 is 10.1 Å². The first kappa shape index (κ1) is 15.0. The van der Waals surface area contributed by atoms with Crippen molar-refractivity contribution in [1.29, 1.82) is 0 Å². The fourth-order valence-corrected chi connectivity index (χ4v) is 2.83. The molecule has 0 saturated heterocycles. The van der Waals surface area contributed by atoms with E-state index in [9.17, 15) is 4.79 Å². The third kappa shape index (κ3) is 3.58. The lowest BCUT2D eigenvalue weighted by atomic mass is 10.2. The summed E-state index contributed by atoms with van der Waals surface area (Å²) in [5, 5.41) is 2.80. The van der Waals surface area contributed by atoms with E-state index in [1.165, 1.54) is 0 Å². The summed E-state index contributed by atoms with van der Waals surface area (Å²) in [5.74, 6) is 0.190. The van der Waals surface area contributed by atoms with Gasteiger partial charge in [0.05, 0.1) is 12.2 Å². The number of rotatable bonds is 4. The van der Waals surface area contributed by atoms with Crippen LogP contribution in [-0.4, -0.2) is 17.5 Å². The monoisotopic (exact) mass is 398 g/mol. The minimum atomic E-state index is -0.224. The number of carbonyl (C=O) groups is 1. The molecule has 0 saturated carbocycles. The molecule has 0 atom stereocenters. The van der Waals surface area contributed by atoms with E-state index >= 15 is 0 Å². The van der Waals surface area contributed by atoms with Crippen molar-refractivity contribution >= 4 is 43.5 Å². The molecule has 1 amide bonds. The second-order valence-electron chi connectivity index (χ2n) is 3.87. The van der Waals surface area contributed by atoms with Crippen LogP contribution in [0.3, 0.4) is 0 Å². The number of nitrogens with one attached hydrogen (secondary N) is 1. The highest BCUT2D eigenvalue weighted by molar-refractivity contribution is 9.11. The number of anilines is 1.